The zero-order valence-electron chi connectivity index (χ0n) is 18.2. The lowest BCUT2D eigenvalue weighted by atomic mass is 9.99. The molecule has 6 nitrogen and oxygen atoms in total. The number of piperidine rings is 1. The average Bonchev–Trinajstić information content (AvgIpc) is 3.30. The summed E-state index contributed by atoms with van der Waals surface area (Å²) in [6.07, 6.45) is 2.62. The van der Waals surface area contributed by atoms with E-state index < -0.39 is 0 Å². The van der Waals surface area contributed by atoms with Crippen molar-refractivity contribution >= 4 is 5.91 Å². The number of carbonyl (C=O) groups is 1. The summed E-state index contributed by atoms with van der Waals surface area (Å²) in [4.78, 5) is 17.3. The number of hydrogen-bond acceptors (Lipinski definition) is 5. The van der Waals surface area contributed by atoms with Gasteiger partial charge in [0.1, 0.15) is 17.6 Å². The van der Waals surface area contributed by atoms with E-state index in [9.17, 15) is 9.18 Å². The van der Waals surface area contributed by atoms with Crippen molar-refractivity contribution in [2.24, 2.45) is 0 Å². The normalized spacial score (nSPS) is 24.2. The van der Waals surface area contributed by atoms with Crippen LogP contribution in [0, 0.1) is 5.82 Å². The van der Waals surface area contributed by atoms with Crippen molar-refractivity contribution < 1.29 is 13.9 Å². The highest BCUT2D eigenvalue weighted by atomic mass is 19.1. The third-order valence-electron chi connectivity index (χ3n) is 6.44. The van der Waals surface area contributed by atoms with Crippen molar-refractivity contribution in [3.8, 4) is 5.75 Å². The summed E-state index contributed by atoms with van der Waals surface area (Å²) < 4.78 is 19.5. The van der Waals surface area contributed by atoms with Crippen molar-refractivity contribution in [1.29, 1.82) is 0 Å². The number of halogens is 1. The van der Waals surface area contributed by atoms with Crippen LogP contribution in [0.4, 0.5) is 4.39 Å². The Morgan fingerprint density at radius 1 is 1.19 bits per heavy atom. The van der Waals surface area contributed by atoms with E-state index in [1.807, 2.05) is 48.3 Å². The lowest BCUT2D eigenvalue weighted by Gasteiger charge is -2.38. The van der Waals surface area contributed by atoms with E-state index in [2.05, 4.69) is 15.8 Å². The molecule has 0 bridgehead atoms. The van der Waals surface area contributed by atoms with Crippen molar-refractivity contribution in [2.45, 2.75) is 43.9 Å². The second kappa shape index (κ2) is 9.77. The Morgan fingerprint density at radius 3 is 2.77 bits per heavy atom. The summed E-state index contributed by atoms with van der Waals surface area (Å²) in [7, 11) is 3.55. The Morgan fingerprint density at radius 2 is 1.97 bits per heavy atom. The molecule has 3 atom stereocenters. The molecule has 0 saturated carbocycles. The summed E-state index contributed by atoms with van der Waals surface area (Å²) in [5, 5.41) is 0. The Hall–Kier alpha value is -2.48. The third kappa shape index (κ3) is 4.89. The highest BCUT2D eigenvalue weighted by molar-refractivity contribution is 5.82. The standard InChI is InChI=1S/C24H31FN4O2/c1-28(18-9-7-13-29(16-18)15-17-8-3-5-11-20(17)25)24(30)22-14-21(26-27-22)19-10-4-6-12-23(19)31-2/h3-6,8,10-12,18,21-22,26-27H,7,9,13-16H2,1-2H3. The number of nitrogens with zero attached hydrogens (tertiary/aromatic N) is 2. The number of nitrogens with one attached hydrogen (secondary N) is 2. The molecule has 4 rings (SSSR count). The van der Waals surface area contributed by atoms with Crippen LogP contribution in [-0.2, 0) is 11.3 Å². The minimum Gasteiger partial charge on any atom is -0.496 e. The summed E-state index contributed by atoms with van der Waals surface area (Å²) in [5.41, 5.74) is 8.18. The van der Waals surface area contributed by atoms with E-state index in [1.54, 1.807) is 13.2 Å². The predicted octanol–water partition coefficient (Wildman–Crippen LogP) is 2.86. The van der Waals surface area contributed by atoms with Crippen LogP contribution in [0.3, 0.4) is 0 Å². The third-order valence-corrected chi connectivity index (χ3v) is 6.44. The van der Waals surface area contributed by atoms with Crippen LogP contribution in [0.25, 0.3) is 0 Å². The molecule has 2 saturated heterocycles. The molecule has 2 heterocycles. The number of para-hydroxylation sites is 1. The molecule has 0 aromatic heterocycles. The lowest BCUT2D eigenvalue weighted by Crippen LogP contribution is -2.53. The van der Waals surface area contributed by atoms with Crippen LogP contribution in [0.15, 0.2) is 48.5 Å². The first-order chi connectivity index (χ1) is 15.1. The van der Waals surface area contributed by atoms with Crippen LogP contribution in [0.5, 0.6) is 5.75 Å². The first-order valence-corrected chi connectivity index (χ1v) is 10.9. The van der Waals surface area contributed by atoms with Crippen LogP contribution in [-0.4, -0.2) is 55.0 Å². The number of likely N-dealkylation sites (N-methyl/N-ethyl adjacent to an activating group) is 1. The van der Waals surface area contributed by atoms with Crippen molar-refractivity contribution in [1.82, 2.24) is 20.7 Å². The van der Waals surface area contributed by atoms with Crippen LogP contribution >= 0.6 is 0 Å². The maximum Gasteiger partial charge on any atom is 0.241 e. The zero-order valence-corrected chi connectivity index (χ0v) is 18.2. The smallest absolute Gasteiger partial charge is 0.241 e. The lowest BCUT2D eigenvalue weighted by molar-refractivity contribution is -0.135. The fraction of sp³-hybridized carbons (Fsp3) is 0.458. The zero-order chi connectivity index (χ0) is 21.8. The highest BCUT2D eigenvalue weighted by Crippen LogP contribution is 2.30. The summed E-state index contributed by atoms with van der Waals surface area (Å²) >= 11 is 0. The minimum absolute atomic E-state index is 0.0161. The van der Waals surface area contributed by atoms with Crippen molar-refractivity contribution in [3.63, 3.8) is 0 Å². The molecule has 166 valence electrons. The van der Waals surface area contributed by atoms with Gasteiger partial charge in [0.2, 0.25) is 5.91 Å². The predicted molar refractivity (Wildman–Crippen MR) is 118 cm³/mol. The number of methoxy groups -OCH3 is 1. The molecule has 2 fully saturated rings. The van der Waals surface area contributed by atoms with Gasteiger partial charge in [-0.2, -0.15) is 0 Å². The van der Waals surface area contributed by atoms with Crippen molar-refractivity contribution in [2.75, 3.05) is 27.2 Å². The van der Waals surface area contributed by atoms with E-state index in [4.69, 9.17) is 4.74 Å². The SMILES string of the molecule is COc1ccccc1C1CC(C(=O)N(C)C2CCCN(Cc3ccccc3F)C2)NN1. The maximum atomic E-state index is 14.0. The van der Waals surface area contributed by atoms with Gasteiger partial charge in [0, 0.05) is 37.3 Å². The molecule has 31 heavy (non-hydrogen) atoms. The average molecular weight is 427 g/mol. The molecule has 3 unspecified atom stereocenters. The number of likely N-dealkylation sites (tertiary alicyclic amines) is 1. The molecule has 2 aliphatic heterocycles. The van der Waals surface area contributed by atoms with Crippen molar-refractivity contribution in [3.05, 3.63) is 65.5 Å². The summed E-state index contributed by atoms with van der Waals surface area (Å²) in [6.45, 7) is 2.25. The van der Waals surface area contributed by atoms with Crippen LogP contribution in [0.1, 0.15) is 36.4 Å². The Balaban J connectivity index is 1.36. The highest BCUT2D eigenvalue weighted by Gasteiger charge is 2.36. The van der Waals surface area contributed by atoms with Gasteiger partial charge in [-0.1, -0.05) is 36.4 Å². The molecule has 2 aromatic carbocycles. The number of hydrazine groups is 1. The fourth-order valence-electron chi connectivity index (χ4n) is 4.66. The molecule has 0 spiro atoms. The molecular weight excluding hydrogens is 395 g/mol. The van der Waals surface area contributed by atoms with Gasteiger partial charge >= 0.3 is 0 Å². The summed E-state index contributed by atoms with van der Waals surface area (Å²) in [5.74, 6) is 0.736. The Labute approximate surface area is 183 Å². The van der Waals surface area contributed by atoms with E-state index in [0.29, 0.717) is 18.5 Å². The van der Waals surface area contributed by atoms with E-state index in [-0.39, 0.29) is 29.8 Å². The van der Waals surface area contributed by atoms with Gasteiger partial charge < -0.3 is 9.64 Å². The Kier molecular flexibility index (Phi) is 6.85. The Bertz CT molecular complexity index is 909. The number of benzene rings is 2. The molecular formula is C24H31FN4O2. The van der Waals surface area contributed by atoms with Gasteiger partial charge in [-0.05, 0) is 37.9 Å². The van der Waals surface area contributed by atoms with Gasteiger partial charge in [0.25, 0.3) is 0 Å². The largest absolute Gasteiger partial charge is 0.496 e. The molecule has 1 amide bonds. The van der Waals surface area contributed by atoms with E-state index in [1.165, 1.54) is 6.07 Å². The molecule has 2 aliphatic rings. The van der Waals surface area contributed by atoms with Gasteiger partial charge in [-0.15, -0.1) is 0 Å². The van der Waals surface area contributed by atoms with Crippen LogP contribution < -0.4 is 15.6 Å². The molecule has 0 radical (unpaired) electrons. The minimum atomic E-state index is -0.290. The molecule has 0 aliphatic carbocycles. The van der Waals surface area contributed by atoms with Gasteiger partial charge in [-0.25, -0.2) is 15.2 Å². The number of hydrogen-bond donors (Lipinski definition) is 2. The molecule has 2 aromatic rings. The van der Waals surface area contributed by atoms with Gasteiger partial charge in [-0.3, -0.25) is 9.69 Å². The first kappa shape index (κ1) is 21.7. The van der Waals surface area contributed by atoms with E-state index >= 15 is 0 Å². The number of amides is 1. The topological polar surface area (TPSA) is 56.8 Å². The molecule has 2 N–H and O–H groups in total. The number of ether oxygens (including phenoxy) is 1. The summed E-state index contributed by atoms with van der Waals surface area (Å²) in [6, 6.07) is 14.6. The maximum absolute atomic E-state index is 14.0. The van der Waals surface area contributed by atoms with Gasteiger partial charge in [0.15, 0.2) is 0 Å². The fourth-order valence-corrected chi connectivity index (χ4v) is 4.66. The van der Waals surface area contributed by atoms with Gasteiger partial charge in [0.05, 0.1) is 13.2 Å². The monoisotopic (exact) mass is 426 g/mol. The number of carbonyl (C=O) groups excluding carboxylic acids is 1. The number of rotatable bonds is 6. The second-order valence-electron chi connectivity index (χ2n) is 8.44. The quantitative estimate of drug-likeness (QED) is 0.744. The van der Waals surface area contributed by atoms with Crippen LogP contribution in [0.2, 0.25) is 0 Å². The second-order valence-corrected chi connectivity index (χ2v) is 8.44. The molecule has 7 heteroatoms. The van der Waals surface area contributed by atoms with E-state index in [0.717, 1.165) is 37.2 Å². The first-order valence-electron chi connectivity index (χ1n) is 10.9.